The quantitative estimate of drug-likeness (QED) is 0.338. The first-order valence-electron chi connectivity index (χ1n) is 9.83. The molecule has 31 heavy (non-hydrogen) atoms. The lowest BCUT2D eigenvalue weighted by molar-refractivity contribution is -0.136. The minimum Gasteiger partial charge on any atom is -0.423 e. The Balaban J connectivity index is 1.65. The van der Waals surface area contributed by atoms with E-state index in [1.165, 1.54) is 0 Å². The number of para-hydroxylation sites is 1. The molecule has 164 valence electrons. The molecule has 1 amide bonds. The van der Waals surface area contributed by atoms with Crippen LogP contribution in [0.2, 0.25) is 0 Å². The van der Waals surface area contributed by atoms with Gasteiger partial charge in [-0.1, -0.05) is 12.1 Å². The molecule has 0 radical (unpaired) electrons. The Morgan fingerprint density at radius 1 is 1.10 bits per heavy atom. The Kier molecular flexibility index (Phi) is 7.60. The fraction of sp³-hybridized carbons (Fsp3) is 0.350. The summed E-state index contributed by atoms with van der Waals surface area (Å²) >= 11 is 0. The lowest BCUT2D eigenvalue weighted by Crippen LogP contribution is -2.46. The number of esters is 1. The summed E-state index contributed by atoms with van der Waals surface area (Å²) < 4.78 is 5.51. The Morgan fingerprint density at radius 3 is 2.52 bits per heavy atom. The molecule has 1 aromatic heterocycles. The molecule has 0 unspecified atom stereocenters. The molecule has 2 heterocycles. The van der Waals surface area contributed by atoms with E-state index in [1.54, 1.807) is 36.4 Å². The van der Waals surface area contributed by atoms with Crippen molar-refractivity contribution in [2.45, 2.75) is 0 Å². The van der Waals surface area contributed by atoms with Gasteiger partial charge in [0, 0.05) is 26.2 Å². The number of amides is 1. The second kappa shape index (κ2) is 10.6. The SMILES string of the molecule is CN1CCN(CC(=O)Oc2ccccc2N=Nc2ccc(NC(=O)CN)nc2N)CC1. The second-order valence-corrected chi connectivity index (χ2v) is 7.07. The molecule has 1 fully saturated rings. The Labute approximate surface area is 180 Å². The molecule has 1 aliphatic heterocycles. The Morgan fingerprint density at radius 2 is 1.81 bits per heavy atom. The number of benzene rings is 1. The highest BCUT2D eigenvalue weighted by atomic mass is 16.5. The lowest BCUT2D eigenvalue weighted by atomic mass is 10.3. The number of likely N-dealkylation sites (N-methyl/N-ethyl adjacent to an activating group) is 1. The van der Waals surface area contributed by atoms with Gasteiger partial charge in [-0.2, -0.15) is 0 Å². The average Bonchev–Trinajstić information content (AvgIpc) is 2.75. The normalized spacial score (nSPS) is 15.2. The lowest BCUT2D eigenvalue weighted by Gasteiger charge is -2.31. The highest BCUT2D eigenvalue weighted by molar-refractivity contribution is 5.91. The number of piperazine rings is 1. The van der Waals surface area contributed by atoms with E-state index >= 15 is 0 Å². The molecule has 1 saturated heterocycles. The zero-order valence-electron chi connectivity index (χ0n) is 17.3. The molecule has 2 aromatic rings. The van der Waals surface area contributed by atoms with Crippen LogP contribution < -0.4 is 21.5 Å². The summed E-state index contributed by atoms with van der Waals surface area (Å²) in [5.41, 5.74) is 11.8. The zero-order chi connectivity index (χ0) is 22.2. The zero-order valence-corrected chi connectivity index (χ0v) is 17.3. The van der Waals surface area contributed by atoms with Crippen LogP contribution in [0.5, 0.6) is 5.75 Å². The van der Waals surface area contributed by atoms with E-state index in [-0.39, 0.29) is 36.6 Å². The second-order valence-electron chi connectivity index (χ2n) is 7.07. The van der Waals surface area contributed by atoms with Crippen LogP contribution in [0.4, 0.5) is 23.0 Å². The Bertz CT molecular complexity index is 957. The molecule has 0 aliphatic carbocycles. The van der Waals surface area contributed by atoms with Gasteiger partial charge in [0.25, 0.3) is 0 Å². The van der Waals surface area contributed by atoms with Crippen LogP contribution in [0.3, 0.4) is 0 Å². The Hall–Kier alpha value is -3.41. The van der Waals surface area contributed by atoms with E-state index in [9.17, 15) is 9.59 Å². The first kappa shape index (κ1) is 22.3. The van der Waals surface area contributed by atoms with Crippen LogP contribution >= 0.6 is 0 Å². The molecule has 3 rings (SSSR count). The summed E-state index contributed by atoms with van der Waals surface area (Å²) in [6.45, 7) is 3.53. The molecule has 0 spiro atoms. The number of nitrogens with one attached hydrogen (secondary N) is 1. The third-order valence-corrected chi connectivity index (χ3v) is 4.66. The maximum Gasteiger partial charge on any atom is 0.325 e. The summed E-state index contributed by atoms with van der Waals surface area (Å²) in [5.74, 6) is -0.0704. The number of azo groups is 1. The van der Waals surface area contributed by atoms with Crippen molar-refractivity contribution in [2.75, 3.05) is 57.4 Å². The highest BCUT2D eigenvalue weighted by Crippen LogP contribution is 2.30. The molecule has 1 aliphatic rings. The summed E-state index contributed by atoms with van der Waals surface area (Å²) in [7, 11) is 2.06. The van der Waals surface area contributed by atoms with Gasteiger partial charge in [0.2, 0.25) is 5.91 Å². The van der Waals surface area contributed by atoms with Crippen molar-refractivity contribution in [3.8, 4) is 5.75 Å². The number of hydrogen-bond donors (Lipinski definition) is 3. The fourth-order valence-corrected chi connectivity index (χ4v) is 2.89. The number of nitrogens with two attached hydrogens (primary N) is 2. The van der Waals surface area contributed by atoms with Gasteiger partial charge in [-0.3, -0.25) is 14.5 Å². The summed E-state index contributed by atoms with van der Waals surface area (Å²) in [6, 6.07) is 9.96. The number of nitrogen functional groups attached to an aromatic ring is 1. The van der Waals surface area contributed by atoms with Crippen LogP contribution in [0.25, 0.3) is 0 Å². The van der Waals surface area contributed by atoms with Crippen LogP contribution in [0.1, 0.15) is 0 Å². The maximum absolute atomic E-state index is 12.4. The average molecular weight is 426 g/mol. The minimum atomic E-state index is -0.381. The minimum absolute atomic E-state index is 0.0862. The van der Waals surface area contributed by atoms with Gasteiger partial charge in [-0.25, -0.2) is 4.98 Å². The highest BCUT2D eigenvalue weighted by Gasteiger charge is 2.18. The van der Waals surface area contributed by atoms with Gasteiger partial charge >= 0.3 is 5.97 Å². The largest absolute Gasteiger partial charge is 0.423 e. The molecule has 11 nitrogen and oxygen atoms in total. The third kappa shape index (κ3) is 6.54. The molecule has 0 saturated carbocycles. The fourth-order valence-electron chi connectivity index (χ4n) is 2.89. The number of carbonyl (C=O) groups is 2. The van der Waals surface area contributed by atoms with Crippen LogP contribution in [0, 0.1) is 0 Å². The van der Waals surface area contributed by atoms with Crippen LogP contribution in [-0.2, 0) is 9.59 Å². The van der Waals surface area contributed by atoms with Crippen molar-refractivity contribution >= 4 is 34.9 Å². The predicted molar refractivity (Wildman–Crippen MR) is 117 cm³/mol. The number of anilines is 2. The van der Waals surface area contributed by atoms with E-state index in [2.05, 4.69) is 37.4 Å². The van der Waals surface area contributed by atoms with E-state index in [4.69, 9.17) is 16.2 Å². The first-order chi connectivity index (χ1) is 14.9. The topological polar surface area (TPSA) is 152 Å². The standard InChI is InChI=1S/C20H26N8O3/c1-27-8-10-28(11-9-27)13-19(30)31-16-5-3-2-4-14(16)25-26-15-6-7-17(24-20(15)22)23-18(29)12-21/h2-7H,8-13,21H2,1H3,(H3,22,23,24,29). The smallest absolute Gasteiger partial charge is 0.325 e. The monoisotopic (exact) mass is 426 g/mol. The molecule has 5 N–H and O–H groups in total. The molecule has 0 atom stereocenters. The molecular formula is C20H26N8O3. The number of nitrogens with zero attached hydrogens (tertiary/aromatic N) is 5. The van der Waals surface area contributed by atoms with Gasteiger partial charge in [-0.15, -0.1) is 10.2 Å². The summed E-state index contributed by atoms with van der Waals surface area (Å²) in [5, 5.41) is 10.8. The number of pyridine rings is 1. The number of rotatable bonds is 7. The third-order valence-electron chi connectivity index (χ3n) is 4.66. The van der Waals surface area contributed by atoms with Gasteiger partial charge in [-0.05, 0) is 31.3 Å². The number of carbonyl (C=O) groups excluding carboxylic acids is 2. The van der Waals surface area contributed by atoms with E-state index < -0.39 is 0 Å². The maximum atomic E-state index is 12.4. The molecule has 0 bridgehead atoms. The number of hydrogen-bond acceptors (Lipinski definition) is 10. The van der Waals surface area contributed by atoms with Crippen molar-refractivity contribution in [2.24, 2.45) is 16.0 Å². The van der Waals surface area contributed by atoms with Crippen molar-refractivity contribution < 1.29 is 14.3 Å². The van der Waals surface area contributed by atoms with Crippen molar-refractivity contribution in [3.63, 3.8) is 0 Å². The van der Waals surface area contributed by atoms with Crippen LogP contribution in [-0.4, -0.2) is 73.0 Å². The van der Waals surface area contributed by atoms with Gasteiger partial charge in [0.05, 0.1) is 13.1 Å². The van der Waals surface area contributed by atoms with Gasteiger partial charge < -0.3 is 26.4 Å². The summed E-state index contributed by atoms with van der Waals surface area (Å²) in [4.78, 5) is 32.1. The number of aromatic nitrogens is 1. The van der Waals surface area contributed by atoms with Crippen LogP contribution in [0.15, 0.2) is 46.6 Å². The van der Waals surface area contributed by atoms with E-state index in [1.807, 2.05) is 0 Å². The number of ether oxygens (including phenoxy) is 1. The molecule has 1 aromatic carbocycles. The first-order valence-corrected chi connectivity index (χ1v) is 9.83. The predicted octanol–water partition coefficient (Wildman–Crippen LogP) is 1.13. The van der Waals surface area contributed by atoms with Crippen molar-refractivity contribution in [1.82, 2.24) is 14.8 Å². The van der Waals surface area contributed by atoms with Gasteiger partial charge in [0.1, 0.15) is 17.2 Å². The van der Waals surface area contributed by atoms with Crippen molar-refractivity contribution in [1.29, 1.82) is 0 Å². The molecule has 11 heteroatoms. The van der Waals surface area contributed by atoms with Gasteiger partial charge in [0.15, 0.2) is 11.6 Å². The van der Waals surface area contributed by atoms with Crippen molar-refractivity contribution in [3.05, 3.63) is 36.4 Å². The van der Waals surface area contributed by atoms with E-state index in [0.29, 0.717) is 17.1 Å². The van der Waals surface area contributed by atoms with E-state index in [0.717, 1.165) is 26.2 Å². The molecular weight excluding hydrogens is 400 g/mol. The summed E-state index contributed by atoms with van der Waals surface area (Å²) in [6.07, 6.45) is 0.